The third-order valence-corrected chi connectivity index (χ3v) is 3.78. The van der Waals surface area contributed by atoms with Crippen molar-refractivity contribution in [1.82, 2.24) is 4.98 Å². The van der Waals surface area contributed by atoms with Crippen LogP contribution in [0.1, 0.15) is 5.56 Å². The molecule has 0 spiro atoms. The minimum Gasteiger partial charge on any atom is -0.457 e. The molecule has 0 bridgehead atoms. The van der Waals surface area contributed by atoms with Gasteiger partial charge in [0.1, 0.15) is 16.7 Å². The Hall–Kier alpha value is -3.05. The van der Waals surface area contributed by atoms with E-state index in [0.717, 1.165) is 29.2 Å². The SMILES string of the molecule is NC(=NCCc1ccc(Cl)nc1)Nc1cccc(Oc2ccccc2)c1. The van der Waals surface area contributed by atoms with Crippen LogP contribution in [0.5, 0.6) is 11.5 Å². The Morgan fingerprint density at radius 2 is 1.85 bits per heavy atom. The molecule has 0 aliphatic rings. The second-order valence-electron chi connectivity index (χ2n) is 5.57. The van der Waals surface area contributed by atoms with Gasteiger partial charge in [-0.25, -0.2) is 4.98 Å². The second kappa shape index (κ2) is 8.87. The number of anilines is 1. The van der Waals surface area contributed by atoms with E-state index in [1.165, 1.54) is 0 Å². The summed E-state index contributed by atoms with van der Waals surface area (Å²) in [5.41, 5.74) is 7.83. The molecule has 0 unspecified atom stereocenters. The maximum absolute atomic E-state index is 5.96. The van der Waals surface area contributed by atoms with Gasteiger partial charge >= 0.3 is 0 Å². The first-order chi connectivity index (χ1) is 12.7. The zero-order chi connectivity index (χ0) is 18.2. The van der Waals surface area contributed by atoms with Crippen LogP contribution in [-0.4, -0.2) is 17.5 Å². The minimum atomic E-state index is 0.351. The van der Waals surface area contributed by atoms with Gasteiger partial charge in [-0.15, -0.1) is 0 Å². The summed E-state index contributed by atoms with van der Waals surface area (Å²) in [6, 6.07) is 20.9. The lowest BCUT2D eigenvalue weighted by Crippen LogP contribution is -2.23. The molecule has 3 rings (SSSR count). The molecule has 0 saturated carbocycles. The maximum atomic E-state index is 5.96. The molecule has 0 amide bonds. The van der Waals surface area contributed by atoms with Gasteiger partial charge < -0.3 is 15.8 Å². The van der Waals surface area contributed by atoms with Gasteiger partial charge in [0.2, 0.25) is 0 Å². The quantitative estimate of drug-likeness (QED) is 0.383. The van der Waals surface area contributed by atoms with E-state index in [-0.39, 0.29) is 0 Å². The van der Waals surface area contributed by atoms with Gasteiger partial charge in [-0.05, 0) is 42.3 Å². The molecule has 0 fully saturated rings. The number of halogens is 1. The minimum absolute atomic E-state index is 0.351. The van der Waals surface area contributed by atoms with Crippen molar-refractivity contribution < 1.29 is 4.74 Å². The third-order valence-electron chi connectivity index (χ3n) is 3.56. The van der Waals surface area contributed by atoms with Gasteiger partial charge in [0.05, 0.1) is 0 Å². The van der Waals surface area contributed by atoms with Crippen molar-refractivity contribution in [2.45, 2.75) is 6.42 Å². The number of para-hydroxylation sites is 1. The third kappa shape index (κ3) is 5.50. The van der Waals surface area contributed by atoms with Crippen molar-refractivity contribution in [2.24, 2.45) is 10.7 Å². The first kappa shape index (κ1) is 17.8. The molecular weight excluding hydrogens is 348 g/mol. The number of benzene rings is 2. The average molecular weight is 367 g/mol. The largest absolute Gasteiger partial charge is 0.457 e. The molecule has 3 aromatic rings. The van der Waals surface area contributed by atoms with Crippen LogP contribution in [0, 0.1) is 0 Å². The van der Waals surface area contributed by atoms with Gasteiger partial charge in [-0.2, -0.15) is 0 Å². The fraction of sp³-hybridized carbons (Fsp3) is 0.100. The first-order valence-electron chi connectivity index (χ1n) is 8.19. The fourth-order valence-electron chi connectivity index (χ4n) is 2.31. The lowest BCUT2D eigenvalue weighted by Gasteiger charge is -2.09. The van der Waals surface area contributed by atoms with Crippen LogP contribution < -0.4 is 15.8 Å². The molecule has 0 saturated heterocycles. The molecule has 0 aliphatic carbocycles. The van der Waals surface area contributed by atoms with E-state index >= 15 is 0 Å². The van der Waals surface area contributed by atoms with Crippen LogP contribution in [-0.2, 0) is 6.42 Å². The maximum Gasteiger partial charge on any atom is 0.193 e. The van der Waals surface area contributed by atoms with Crippen molar-refractivity contribution >= 4 is 23.2 Å². The lowest BCUT2D eigenvalue weighted by atomic mass is 10.2. The number of nitrogens with two attached hydrogens (primary N) is 1. The number of pyridine rings is 1. The predicted molar refractivity (Wildman–Crippen MR) is 106 cm³/mol. The van der Waals surface area contributed by atoms with Crippen molar-refractivity contribution in [3.8, 4) is 11.5 Å². The number of aliphatic imine (C=N–C) groups is 1. The Labute approximate surface area is 157 Å². The summed E-state index contributed by atoms with van der Waals surface area (Å²) in [6.45, 7) is 0.558. The molecule has 1 aromatic heterocycles. The second-order valence-corrected chi connectivity index (χ2v) is 5.96. The van der Waals surface area contributed by atoms with Crippen molar-refractivity contribution in [3.63, 3.8) is 0 Å². The number of rotatable bonds is 6. The van der Waals surface area contributed by atoms with Gasteiger partial charge in [0, 0.05) is 24.5 Å². The summed E-state index contributed by atoms with van der Waals surface area (Å²) in [4.78, 5) is 8.38. The zero-order valence-corrected chi connectivity index (χ0v) is 14.9. The highest BCUT2D eigenvalue weighted by molar-refractivity contribution is 6.29. The van der Waals surface area contributed by atoms with E-state index in [0.29, 0.717) is 17.7 Å². The van der Waals surface area contributed by atoms with Gasteiger partial charge in [-0.1, -0.05) is 41.9 Å². The Morgan fingerprint density at radius 1 is 1.04 bits per heavy atom. The number of ether oxygens (including phenoxy) is 1. The summed E-state index contributed by atoms with van der Waals surface area (Å²) >= 11 is 5.77. The average Bonchev–Trinajstić information content (AvgIpc) is 2.64. The predicted octanol–water partition coefficient (Wildman–Crippen LogP) is 4.50. The first-order valence-corrected chi connectivity index (χ1v) is 8.57. The summed E-state index contributed by atoms with van der Waals surface area (Å²) < 4.78 is 5.81. The zero-order valence-electron chi connectivity index (χ0n) is 14.1. The molecule has 1 heterocycles. The summed E-state index contributed by atoms with van der Waals surface area (Å²) in [5.74, 6) is 1.85. The highest BCUT2D eigenvalue weighted by Gasteiger charge is 2.00. The Bertz CT molecular complexity index is 866. The van der Waals surface area contributed by atoms with E-state index in [9.17, 15) is 0 Å². The van der Waals surface area contributed by atoms with E-state index in [1.807, 2.05) is 60.7 Å². The lowest BCUT2D eigenvalue weighted by molar-refractivity contribution is 0.483. The molecule has 26 heavy (non-hydrogen) atoms. The van der Waals surface area contributed by atoms with Crippen molar-refractivity contribution in [3.05, 3.63) is 83.6 Å². The van der Waals surface area contributed by atoms with Gasteiger partial charge in [0.15, 0.2) is 5.96 Å². The van der Waals surface area contributed by atoms with Crippen LogP contribution in [0.25, 0.3) is 0 Å². The monoisotopic (exact) mass is 366 g/mol. The Kier molecular flexibility index (Phi) is 6.06. The highest BCUT2D eigenvalue weighted by Crippen LogP contribution is 2.23. The van der Waals surface area contributed by atoms with E-state index in [2.05, 4.69) is 15.3 Å². The molecule has 0 atom stereocenters. The number of nitrogens with one attached hydrogen (secondary N) is 1. The topological polar surface area (TPSA) is 72.5 Å². The van der Waals surface area contributed by atoms with Crippen LogP contribution in [0.3, 0.4) is 0 Å². The number of hydrogen-bond donors (Lipinski definition) is 2. The number of hydrogen-bond acceptors (Lipinski definition) is 3. The van der Waals surface area contributed by atoms with E-state index < -0.39 is 0 Å². The Morgan fingerprint density at radius 3 is 2.62 bits per heavy atom. The molecule has 2 aromatic carbocycles. The van der Waals surface area contributed by atoms with E-state index in [4.69, 9.17) is 22.1 Å². The number of guanidine groups is 1. The molecular formula is C20H19ClN4O. The Balaban J connectivity index is 1.55. The van der Waals surface area contributed by atoms with Crippen LogP contribution in [0.4, 0.5) is 5.69 Å². The van der Waals surface area contributed by atoms with Crippen molar-refractivity contribution in [1.29, 1.82) is 0 Å². The molecule has 3 N–H and O–H groups in total. The van der Waals surface area contributed by atoms with Gasteiger partial charge in [-0.3, -0.25) is 4.99 Å². The normalized spacial score (nSPS) is 11.2. The number of aromatic nitrogens is 1. The molecule has 132 valence electrons. The highest BCUT2D eigenvalue weighted by atomic mass is 35.5. The van der Waals surface area contributed by atoms with E-state index in [1.54, 1.807) is 12.3 Å². The van der Waals surface area contributed by atoms with Crippen molar-refractivity contribution in [2.75, 3.05) is 11.9 Å². The molecule has 0 aliphatic heterocycles. The van der Waals surface area contributed by atoms with Crippen LogP contribution >= 0.6 is 11.6 Å². The standard InChI is InChI=1S/C20H19ClN4O/c21-19-10-9-15(14-24-19)11-12-23-20(22)25-16-5-4-8-18(13-16)26-17-6-2-1-3-7-17/h1-10,13-14H,11-12H2,(H3,22,23,25). The fourth-order valence-corrected chi connectivity index (χ4v) is 2.42. The van der Waals surface area contributed by atoms with Gasteiger partial charge in [0.25, 0.3) is 0 Å². The molecule has 6 heteroatoms. The van der Waals surface area contributed by atoms with Crippen LogP contribution in [0.2, 0.25) is 5.15 Å². The smallest absolute Gasteiger partial charge is 0.193 e. The molecule has 5 nitrogen and oxygen atoms in total. The van der Waals surface area contributed by atoms with Crippen LogP contribution in [0.15, 0.2) is 77.9 Å². The molecule has 0 radical (unpaired) electrons. The number of nitrogens with zero attached hydrogens (tertiary/aromatic N) is 2. The summed E-state index contributed by atoms with van der Waals surface area (Å²) in [6.07, 6.45) is 2.48. The summed E-state index contributed by atoms with van der Waals surface area (Å²) in [7, 11) is 0. The summed E-state index contributed by atoms with van der Waals surface area (Å²) in [5, 5.41) is 3.56.